The SMILES string of the molecule is CCNC(=NCC(O)(CC)CC)NC(C)C.I. The van der Waals surface area contributed by atoms with E-state index in [-0.39, 0.29) is 24.0 Å². The predicted octanol–water partition coefficient (Wildman–Crippen LogP) is 2.12. The van der Waals surface area contributed by atoms with E-state index in [0.29, 0.717) is 12.6 Å². The normalized spacial score (nSPS) is 12.3. The zero-order valence-corrected chi connectivity index (χ0v) is 14.0. The lowest BCUT2D eigenvalue weighted by molar-refractivity contribution is 0.0418. The summed E-state index contributed by atoms with van der Waals surface area (Å²) in [6, 6.07) is 0.342. The van der Waals surface area contributed by atoms with Crippen molar-refractivity contribution in [3.63, 3.8) is 0 Å². The predicted molar refractivity (Wildman–Crippen MR) is 85.2 cm³/mol. The van der Waals surface area contributed by atoms with E-state index >= 15 is 0 Å². The molecule has 0 aliphatic carbocycles. The van der Waals surface area contributed by atoms with Gasteiger partial charge in [0.15, 0.2) is 5.96 Å². The zero-order valence-electron chi connectivity index (χ0n) is 11.7. The van der Waals surface area contributed by atoms with Gasteiger partial charge in [-0.15, -0.1) is 24.0 Å². The number of nitrogens with zero attached hydrogens (tertiary/aromatic N) is 1. The smallest absolute Gasteiger partial charge is 0.191 e. The molecule has 0 spiro atoms. The second-order valence-corrected chi connectivity index (χ2v) is 4.43. The minimum absolute atomic E-state index is 0. The summed E-state index contributed by atoms with van der Waals surface area (Å²) in [5, 5.41) is 16.5. The average molecular weight is 357 g/mol. The second kappa shape index (κ2) is 9.94. The van der Waals surface area contributed by atoms with Gasteiger partial charge in [-0.2, -0.15) is 0 Å². The van der Waals surface area contributed by atoms with Crippen molar-refractivity contribution in [1.82, 2.24) is 10.6 Å². The van der Waals surface area contributed by atoms with Crippen molar-refractivity contribution in [2.24, 2.45) is 4.99 Å². The first-order chi connectivity index (χ1) is 7.47. The van der Waals surface area contributed by atoms with E-state index in [4.69, 9.17) is 0 Å². The summed E-state index contributed by atoms with van der Waals surface area (Å²) in [5.74, 6) is 0.776. The molecule has 104 valence electrons. The third-order valence-electron chi connectivity index (χ3n) is 2.62. The molecule has 0 atom stereocenters. The van der Waals surface area contributed by atoms with Crippen molar-refractivity contribution in [2.75, 3.05) is 13.1 Å². The summed E-state index contributed by atoms with van der Waals surface area (Å²) < 4.78 is 0. The molecule has 0 fully saturated rings. The van der Waals surface area contributed by atoms with Crippen LogP contribution in [0.5, 0.6) is 0 Å². The van der Waals surface area contributed by atoms with Crippen LogP contribution in [0.3, 0.4) is 0 Å². The van der Waals surface area contributed by atoms with Crippen LogP contribution in [-0.4, -0.2) is 35.8 Å². The summed E-state index contributed by atoms with van der Waals surface area (Å²) in [6.07, 6.45) is 1.46. The number of aliphatic hydroxyl groups is 1. The van der Waals surface area contributed by atoms with E-state index < -0.39 is 5.60 Å². The van der Waals surface area contributed by atoms with Crippen LogP contribution in [-0.2, 0) is 0 Å². The standard InChI is InChI=1S/C12H27N3O.HI/c1-6-12(16,7-2)9-14-11(13-8-3)15-10(4)5;/h10,16H,6-9H2,1-5H3,(H2,13,14,15);1H. The fraction of sp³-hybridized carbons (Fsp3) is 0.917. The van der Waals surface area contributed by atoms with Crippen molar-refractivity contribution >= 4 is 29.9 Å². The van der Waals surface area contributed by atoms with Gasteiger partial charge in [-0.1, -0.05) is 13.8 Å². The third-order valence-corrected chi connectivity index (χ3v) is 2.62. The molecule has 0 saturated carbocycles. The highest BCUT2D eigenvalue weighted by molar-refractivity contribution is 14.0. The van der Waals surface area contributed by atoms with Gasteiger partial charge >= 0.3 is 0 Å². The summed E-state index contributed by atoms with van der Waals surface area (Å²) in [5.41, 5.74) is -0.667. The molecule has 0 heterocycles. The molecule has 0 aromatic carbocycles. The molecule has 0 saturated heterocycles. The van der Waals surface area contributed by atoms with Gasteiger partial charge in [-0.3, -0.25) is 4.99 Å². The van der Waals surface area contributed by atoms with Gasteiger partial charge in [0.1, 0.15) is 0 Å². The van der Waals surface area contributed by atoms with Crippen LogP contribution >= 0.6 is 24.0 Å². The zero-order chi connectivity index (χ0) is 12.6. The lowest BCUT2D eigenvalue weighted by Gasteiger charge is -2.24. The summed E-state index contributed by atoms with van der Waals surface area (Å²) in [4.78, 5) is 4.41. The Bertz CT molecular complexity index is 216. The maximum Gasteiger partial charge on any atom is 0.191 e. The third kappa shape index (κ3) is 8.65. The van der Waals surface area contributed by atoms with Gasteiger partial charge in [-0.05, 0) is 33.6 Å². The Morgan fingerprint density at radius 1 is 1.24 bits per heavy atom. The average Bonchev–Trinajstić information content (AvgIpc) is 2.25. The van der Waals surface area contributed by atoms with Crippen LogP contribution in [0.2, 0.25) is 0 Å². The van der Waals surface area contributed by atoms with E-state index in [1.807, 2.05) is 20.8 Å². The van der Waals surface area contributed by atoms with Crippen LogP contribution < -0.4 is 10.6 Å². The maximum atomic E-state index is 10.1. The van der Waals surface area contributed by atoms with Gasteiger partial charge < -0.3 is 15.7 Å². The molecule has 0 bridgehead atoms. The van der Waals surface area contributed by atoms with Gasteiger partial charge in [0.2, 0.25) is 0 Å². The van der Waals surface area contributed by atoms with Crippen LogP contribution in [0.25, 0.3) is 0 Å². The number of rotatable bonds is 6. The maximum absolute atomic E-state index is 10.1. The molecular weight excluding hydrogens is 329 g/mol. The molecule has 5 heteroatoms. The van der Waals surface area contributed by atoms with Gasteiger partial charge in [0.05, 0.1) is 12.1 Å². The molecule has 0 unspecified atom stereocenters. The first-order valence-electron chi connectivity index (χ1n) is 6.24. The van der Waals surface area contributed by atoms with Crippen molar-refractivity contribution in [3.8, 4) is 0 Å². The highest BCUT2D eigenvalue weighted by Gasteiger charge is 2.21. The van der Waals surface area contributed by atoms with Gasteiger partial charge in [-0.25, -0.2) is 0 Å². The fourth-order valence-corrected chi connectivity index (χ4v) is 1.29. The lowest BCUT2D eigenvalue weighted by Crippen LogP contribution is -2.42. The fourth-order valence-electron chi connectivity index (χ4n) is 1.29. The van der Waals surface area contributed by atoms with E-state index in [1.165, 1.54) is 0 Å². The highest BCUT2D eigenvalue weighted by Crippen LogP contribution is 2.14. The van der Waals surface area contributed by atoms with Gasteiger partial charge in [0, 0.05) is 12.6 Å². The first-order valence-corrected chi connectivity index (χ1v) is 6.24. The molecule has 0 aliphatic rings. The van der Waals surface area contributed by atoms with Crippen molar-refractivity contribution in [1.29, 1.82) is 0 Å². The Labute approximate surface area is 123 Å². The van der Waals surface area contributed by atoms with E-state index in [1.54, 1.807) is 0 Å². The second-order valence-electron chi connectivity index (χ2n) is 4.43. The monoisotopic (exact) mass is 357 g/mol. The summed E-state index contributed by atoms with van der Waals surface area (Å²) in [7, 11) is 0. The highest BCUT2D eigenvalue weighted by atomic mass is 127. The number of aliphatic imine (C=N–C) groups is 1. The van der Waals surface area contributed by atoms with Crippen LogP contribution in [0.4, 0.5) is 0 Å². The molecule has 3 N–H and O–H groups in total. The Morgan fingerprint density at radius 2 is 1.76 bits per heavy atom. The Hall–Kier alpha value is -0.0400. The number of nitrogens with one attached hydrogen (secondary N) is 2. The molecule has 0 rings (SSSR count). The molecule has 17 heavy (non-hydrogen) atoms. The number of hydrogen-bond donors (Lipinski definition) is 3. The molecule has 4 nitrogen and oxygen atoms in total. The Balaban J connectivity index is 0. The van der Waals surface area contributed by atoms with Gasteiger partial charge in [0.25, 0.3) is 0 Å². The van der Waals surface area contributed by atoms with Crippen LogP contribution in [0.1, 0.15) is 47.5 Å². The topological polar surface area (TPSA) is 56.7 Å². The summed E-state index contributed by atoms with van der Waals surface area (Å²) >= 11 is 0. The molecule has 0 aromatic rings. The molecule has 0 radical (unpaired) electrons. The Kier molecular flexibility index (Phi) is 11.3. The van der Waals surface area contributed by atoms with Crippen LogP contribution in [0.15, 0.2) is 4.99 Å². The van der Waals surface area contributed by atoms with Crippen molar-refractivity contribution in [2.45, 2.75) is 59.1 Å². The van der Waals surface area contributed by atoms with Crippen molar-refractivity contribution in [3.05, 3.63) is 0 Å². The van der Waals surface area contributed by atoms with E-state index in [0.717, 1.165) is 25.3 Å². The van der Waals surface area contributed by atoms with E-state index in [2.05, 4.69) is 29.5 Å². The minimum atomic E-state index is -0.667. The molecule has 0 aliphatic heterocycles. The van der Waals surface area contributed by atoms with Crippen molar-refractivity contribution < 1.29 is 5.11 Å². The first kappa shape index (κ1) is 19.3. The molecular formula is C12H28IN3O. The Morgan fingerprint density at radius 3 is 2.12 bits per heavy atom. The number of hydrogen-bond acceptors (Lipinski definition) is 2. The molecule has 0 amide bonds. The van der Waals surface area contributed by atoms with E-state index in [9.17, 15) is 5.11 Å². The summed E-state index contributed by atoms with van der Waals surface area (Å²) in [6.45, 7) is 11.4. The number of halogens is 1. The molecule has 0 aromatic heterocycles. The van der Waals surface area contributed by atoms with Crippen LogP contribution in [0, 0.1) is 0 Å². The largest absolute Gasteiger partial charge is 0.388 e. The lowest BCUT2D eigenvalue weighted by atomic mass is 9.98. The minimum Gasteiger partial charge on any atom is -0.388 e. The number of guanidine groups is 1. The quantitative estimate of drug-likeness (QED) is 0.388.